The van der Waals surface area contributed by atoms with Crippen molar-refractivity contribution in [2.75, 3.05) is 13.1 Å². The molecule has 1 aromatic heterocycles. The van der Waals surface area contributed by atoms with Crippen LogP contribution in [0.3, 0.4) is 0 Å². The average Bonchev–Trinajstić information content (AvgIpc) is 2.93. The van der Waals surface area contributed by atoms with Crippen LogP contribution in [0.2, 0.25) is 0 Å². The normalized spacial score (nSPS) is 29.5. The Balaban J connectivity index is 1.55. The SMILES string of the molecule is Cn1ccc(CNC2CCN3CCCCC23)c1. The number of rotatable bonds is 3. The second kappa shape index (κ2) is 4.83. The molecule has 0 aromatic carbocycles. The van der Waals surface area contributed by atoms with Crippen molar-refractivity contribution in [3.63, 3.8) is 0 Å². The van der Waals surface area contributed by atoms with Gasteiger partial charge in [0.25, 0.3) is 0 Å². The molecule has 0 spiro atoms. The predicted octanol–water partition coefficient (Wildman–Crippen LogP) is 1.74. The first kappa shape index (κ1) is 11.3. The fourth-order valence-corrected chi connectivity index (χ4v) is 3.40. The van der Waals surface area contributed by atoms with E-state index in [-0.39, 0.29) is 0 Å². The summed E-state index contributed by atoms with van der Waals surface area (Å²) in [5.41, 5.74) is 1.40. The monoisotopic (exact) mass is 233 g/mol. The summed E-state index contributed by atoms with van der Waals surface area (Å²) < 4.78 is 2.12. The van der Waals surface area contributed by atoms with Crippen molar-refractivity contribution in [3.05, 3.63) is 24.0 Å². The first-order chi connectivity index (χ1) is 8.33. The van der Waals surface area contributed by atoms with Crippen molar-refractivity contribution < 1.29 is 0 Å². The molecule has 3 rings (SSSR count). The second-order valence-corrected chi connectivity index (χ2v) is 5.56. The van der Waals surface area contributed by atoms with Gasteiger partial charge in [-0.1, -0.05) is 6.42 Å². The molecule has 0 amide bonds. The highest BCUT2D eigenvalue weighted by Gasteiger charge is 2.34. The van der Waals surface area contributed by atoms with Crippen molar-refractivity contribution in [1.29, 1.82) is 0 Å². The quantitative estimate of drug-likeness (QED) is 0.858. The summed E-state index contributed by atoms with van der Waals surface area (Å²) in [5, 5.41) is 3.76. The van der Waals surface area contributed by atoms with Crippen LogP contribution in [0.15, 0.2) is 18.5 Å². The van der Waals surface area contributed by atoms with Gasteiger partial charge in [0, 0.05) is 44.6 Å². The molecule has 2 unspecified atom stereocenters. The Bertz CT molecular complexity index is 371. The smallest absolute Gasteiger partial charge is 0.0249 e. The molecular weight excluding hydrogens is 210 g/mol. The lowest BCUT2D eigenvalue weighted by Gasteiger charge is -2.32. The van der Waals surface area contributed by atoms with Crippen molar-refractivity contribution in [2.45, 2.75) is 44.3 Å². The molecule has 17 heavy (non-hydrogen) atoms. The highest BCUT2D eigenvalue weighted by molar-refractivity contribution is 5.10. The molecule has 3 heteroatoms. The van der Waals surface area contributed by atoms with Crippen LogP contribution in [0.4, 0.5) is 0 Å². The van der Waals surface area contributed by atoms with Crippen LogP contribution < -0.4 is 5.32 Å². The second-order valence-electron chi connectivity index (χ2n) is 5.56. The van der Waals surface area contributed by atoms with E-state index < -0.39 is 0 Å². The van der Waals surface area contributed by atoms with E-state index in [0.717, 1.165) is 18.6 Å². The van der Waals surface area contributed by atoms with Crippen LogP contribution in [-0.2, 0) is 13.6 Å². The minimum absolute atomic E-state index is 0.718. The number of nitrogens with one attached hydrogen (secondary N) is 1. The molecule has 94 valence electrons. The van der Waals surface area contributed by atoms with Gasteiger partial charge in [-0.05, 0) is 37.4 Å². The maximum Gasteiger partial charge on any atom is 0.0249 e. The predicted molar refractivity (Wildman–Crippen MR) is 69.9 cm³/mol. The van der Waals surface area contributed by atoms with E-state index in [2.05, 4.69) is 40.3 Å². The number of aryl methyl sites for hydroxylation is 1. The van der Waals surface area contributed by atoms with E-state index in [4.69, 9.17) is 0 Å². The average molecular weight is 233 g/mol. The van der Waals surface area contributed by atoms with Crippen LogP contribution in [0, 0.1) is 0 Å². The number of nitrogens with zero attached hydrogens (tertiary/aromatic N) is 2. The van der Waals surface area contributed by atoms with Crippen LogP contribution in [0.25, 0.3) is 0 Å². The molecule has 3 heterocycles. The van der Waals surface area contributed by atoms with E-state index >= 15 is 0 Å². The lowest BCUT2D eigenvalue weighted by molar-refractivity contribution is 0.180. The van der Waals surface area contributed by atoms with E-state index in [9.17, 15) is 0 Å². The number of hydrogen-bond donors (Lipinski definition) is 1. The number of piperidine rings is 1. The fourth-order valence-electron chi connectivity index (χ4n) is 3.40. The number of hydrogen-bond acceptors (Lipinski definition) is 2. The Morgan fingerprint density at radius 1 is 1.29 bits per heavy atom. The Kier molecular flexibility index (Phi) is 3.21. The number of fused-ring (bicyclic) bond motifs is 1. The highest BCUT2D eigenvalue weighted by atomic mass is 15.2. The summed E-state index contributed by atoms with van der Waals surface area (Å²) in [6, 6.07) is 3.74. The third kappa shape index (κ3) is 2.40. The zero-order chi connectivity index (χ0) is 11.7. The lowest BCUT2D eigenvalue weighted by atomic mass is 9.99. The summed E-state index contributed by atoms with van der Waals surface area (Å²) in [5.74, 6) is 0. The minimum atomic E-state index is 0.718. The third-order valence-corrected chi connectivity index (χ3v) is 4.32. The topological polar surface area (TPSA) is 20.2 Å². The molecule has 1 N–H and O–H groups in total. The summed E-state index contributed by atoms with van der Waals surface area (Å²) in [6.07, 6.45) is 9.88. The lowest BCUT2D eigenvalue weighted by Crippen LogP contribution is -2.44. The Morgan fingerprint density at radius 2 is 2.24 bits per heavy atom. The summed E-state index contributed by atoms with van der Waals surface area (Å²) >= 11 is 0. The van der Waals surface area contributed by atoms with Gasteiger partial charge >= 0.3 is 0 Å². The van der Waals surface area contributed by atoms with Gasteiger partial charge in [-0.25, -0.2) is 0 Å². The molecule has 0 bridgehead atoms. The molecule has 1 aromatic rings. The summed E-state index contributed by atoms with van der Waals surface area (Å²) in [6.45, 7) is 3.65. The van der Waals surface area contributed by atoms with Crippen molar-refractivity contribution in [1.82, 2.24) is 14.8 Å². The van der Waals surface area contributed by atoms with Crippen LogP contribution in [0.5, 0.6) is 0 Å². The van der Waals surface area contributed by atoms with Gasteiger partial charge in [0.05, 0.1) is 0 Å². The zero-order valence-electron chi connectivity index (χ0n) is 10.7. The standard InChI is InChI=1S/C14H23N3/c1-16-8-5-12(11-16)10-15-13-6-9-17-7-3-2-4-14(13)17/h5,8,11,13-15H,2-4,6-7,9-10H2,1H3. The maximum atomic E-state index is 3.76. The first-order valence-electron chi connectivity index (χ1n) is 6.91. The third-order valence-electron chi connectivity index (χ3n) is 4.32. The van der Waals surface area contributed by atoms with Crippen LogP contribution >= 0.6 is 0 Å². The molecule has 3 nitrogen and oxygen atoms in total. The Morgan fingerprint density at radius 3 is 3.06 bits per heavy atom. The van der Waals surface area contributed by atoms with Gasteiger partial charge < -0.3 is 9.88 Å². The zero-order valence-corrected chi connectivity index (χ0v) is 10.7. The molecule has 2 saturated heterocycles. The van der Waals surface area contributed by atoms with E-state index in [1.807, 2.05) is 0 Å². The minimum Gasteiger partial charge on any atom is -0.357 e. The highest BCUT2D eigenvalue weighted by Crippen LogP contribution is 2.27. The molecule has 2 fully saturated rings. The van der Waals surface area contributed by atoms with Crippen molar-refractivity contribution >= 4 is 0 Å². The molecule has 0 radical (unpaired) electrons. The molecular formula is C14H23N3. The largest absolute Gasteiger partial charge is 0.357 e. The van der Waals surface area contributed by atoms with Gasteiger partial charge in [0.2, 0.25) is 0 Å². The Hall–Kier alpha value is -0.800. The summed E-state index contributed by atoms with van der Waals surface area (Å²) in [4.78, 5) is 2.69. The van der Waals surface area contributed by atoms with Gasteiger partial charge in [-0.15, -0.1) is 0 Å². The van der Waals surface area contributed by atoms with Gasteiger partial charge in [0.1, 0.15) is 0 Å². The van der Waals surface area contributed by atoms with Crippen LogP contribution in [-0.4, -0.2) is 34.6 Å². The van der Waals surface area contributed by atoms with Crippen LogP contribution in [0.1, 0.15) is 31.2 Å². The molecule has 2 aliphatic rings. The summed E-state index contributed by atoms with van der Waals surface area (Å²) in [7, 11) is 2.09. The molecule has 0 aliphatic carbocycles. The van der Waals surface area contributed by atoms with Gasteiger partial charge in [0.15, 0.2) is 0 Å². The first-order valence-corrected chi connectivity index (χ1v) is 6.91. The Labute approximate surface area is 104 Å². The molecule has 2 atom stereocenters. The van der Waals surface area contributed by atoms with Gasteiger partial charge in [-0.2, -0.15) is 0 Å². The van der Waals surface area contributed by atoms with E-state index in [1.165, 1.54) is 44.3 Å². The van der Waals surface area contributed by atoms with Crippen molar-refractivity contribution in [3.8, 4) is 0 Å². The van der Waals surface area contributed by atoms with Gasteiger partial charge in [-0.3, -0.25) is 4.90 Å². The molecule has 0 saturated carbocycles. The fraction of sp³-hybridized carbons (Fsp3) is 0.714. The van der Waals surface area contributed by atoms with E-state index in [1.54, 1.807) is 0 Å². The maximum absolute atomic E-state index is 3.76. The van der Waals surface area contributed by atoms with E-state index in [0.29, 0.717) is 0 Å². The van der Waals surface area contributed by atoms with Crippen molar-refractivity contribution in [2.24, 2.45) is 7.05 Å². The molecule has 2 aliphatic heterocycles. The number of aromatic nitrogens is 1.